The third-order valence-corrected chi connectivity index (χ3v) is 5.40. The molecule has 1 aliphatic heterocycles. The van der Waals surface area contributed by atoms with Crippen LogP contribution in [0.4, 0.5) is 4.79 Å². The van der Waals surface area contributed by atoms with Crippen molar-refractivity contribution in [2.75, 3.05) is 26.7 Å². The normalized spacial score (nSPS) is 24.8. The highest BCUT2D eigenvalue weighted by Crippen LogP contribution is 2.40. The minimum absolute atomic E-state index is 0.0432. The molecule has 1 spiro atoms. The number of hydrogen-bond acceptors (Lipinski definition) is 2. The average Bonchev–Trinajstić information content (AvgIpc) is 2.63. The molecule has 1 heterocycles. The van der Waals surface area contributed by atoms with E-state index in [4.69, 9.17) is 4.74 Å². The predicted octanol–water partition coefficient (Wildman–Crippen LogP) is 3.91. The molecule has 0 aromatic heterocycles. The van der Waals surface area contributed by atoms with Crippen LogP contribution in [0.15, 0.2) is 42.5 Å². The van der Waals surface area contributed by atoms with Gasteiger partial charge in [-0.2, -0.15) is 0 Å². The summed E-state index contributed by atoms with van der Waals surface area (Å²) >= 11 is 0. The quantitative estimate of drug-likeness (QED) is 0.852. The lowest BCUT2D eigenvalue weighted by atomic mass is 9.71. The van der Waals surface area contributed by atoms with Crippen molar-refractivity contribution in [1.29, 1.82) is 0 Å². The summed E-state index contributed by atoms with van der Waals surface area (Å²) in [6, 6.07) is 10.1. The maximum Gasteiger partial charge on any atom is 0.317 e. The summed E-state index contributed by atoms with van der Waals surface area (Å²) < 4.78 is 5.54. The summed E-state index contributed by atoms with van der Waals surface area (Å²) in [6.45, 7) is 2.25. The fourth-order valence-corrected chi connectivity index (χ4v) is 3.99. The molecule has 1 saturated heterocycles. The Morgan fingerprint density at radius 3 is 2.83 bits per heavy atom. The molecule has 0 radical (unpaired) electrons. The molecular weight excluding hydrogens is 300 g/mol. The van der Waals surface area contributed by atoms with Crippen LogP contribution in [-0.2, 0) is 4.74 Å². The van der Waals surface area contributed by atoms with Crippen LogP contribution < -0.4 is 5.32 Å². The highest BCUT2D eigenvalue weighted by Gasteiger charge is 2.36. The van der Waals surface area contributed by atoms with Crippen molar-refractivity contribution in [3.05, 3.63) is 48.0 Å². The standard InChI is InChI=1S/C20H28N2O2/c1-24-18(17-9-4-2-5-10-17)15-21-19(23)22-14-8-13-20(16-22)11-6-3-7-12-20/h2-6,9-10,18H,7-8,11-16H2,1H3,(H,21,23)/t18-,20-/m1/s1. The van der Waals surface area contributed by atoms with E-state index in [0.717, 1.165) is 37.9 Å². The number of hydrogen-bond donors (Lipinski definition) is 1. The summed E-state index contributed by atoms with van der Waals surface area (Å²) in [5.74, 6) is 0. The van der Waals surface area contributed by atoms with E-state index in [-0.39, 0.29) is 12.1 Å². The molecule has 2 atom stereocenters. The van der Waals surface area contributed by atoms with Gasteiger partial charge in [0.25, 0.3) is 0 Å². The maximum absolute atomic E-state index is 12.6. The van der Waals surface area contributed by atoms with Crippen LogP contribution in [0.1, 0.15) is 43.8 Å². The van der Waals surface area contributed by atoms with Gasteiger partial charge in [-0.3, -0.25) is 0 Å². The van der Waals surface area contributed by atoms with Crippen LogP contribution in [0.25, 0.3) is 0 Å². The van der Waals surface area contributed by atoms with Crippen molar-refractivity contribution >= 4 is 6.03 Å². The Morgan fingerprint density at radius 1 is 1.29 bits per heavy atom. The van der Waals surface area contributed by atoms with Crippen molar-refractivity contribution in [2.45, 2.75) is 38.2 Å². The largest absolute Gasteiger partial charge is 0.375 e. The summed E-state index contributed by atoms with van der Waals surface area (Å²) in [6.07, 6.45) is 10.3. The van der Waals surface area contributed by atoms with E-state index in [9.17, 15) is 4.79 Å². The molecule has 1 N–H and O–H groups in total. The number of allylic oxidation sites excluding steroid dienone is 2. The second-order valence-corrected chi connectivity index (χ2v) is 7.06. The lowest BCUT2D eigenvalue weighted by Crippen LogP contribution is -2.50. The molecule has 130 valence electrons. The van der Waals surface area contributed by atoms with Gasteiger partial charge < -0.3 is 15.0 Å². The molecule has 3 rings (SSSR count). The monoisotopic (exact) mass is 328 g/mol. The van der Waals surface area contributed by atoms with E-state index in [0.29, 0.717) is 12.0 Å². The number of rotatable bonds is 4. The number of nitrogens with one attached hydrogen (secondary N) is 1. The zero-order valence-corrected chi connectivity index (χ0v) is 14.5. The molecule has 2 amide bonds. The number of ether oxygens (including phenoxy) is 1. The molecule has 1 fully saturated rings. The highest BCUT2D eigenvalue weighted by molar-refractivity contribution is 5.74. The van der Waals surface area contributed by atoms with Crippen LogP contribution in [0.3, 0.4) is 0 Å². The minimum atomic E-state index is -0.105. The third-order valence-electron chi connectivity index (χ3n) is 5.40. The summed E-state index contributed by atoms with van der Waals surface area (Å²) in [5.41, 5.74) is 1.40. The number of amides is 2. The Balaban J connectivity index is 1.55. The molecule has 2 aliphatic rings. The molecule has 24 heavy (non-hydrogen) atoms. The van der Waals surface area contributed by atoms with Crippen molar-refractivity contribution in [2.24, 2.45) is 5.41 Å². The smallest absolute Gasteiger partial charge is 0.317 e. The SMILES string of the molecule is CO[C@H](CNC(=O)N1CCC[C@]2(CC=CCC2)C1)c1ccccc1. The lowest BCUT2D eigenvalue weighted by Gasteiger charge is -2.43. The topological polar surface area (TPSA) is 41.6 Å². The predicted molar refractivity (Wildman–Crippen MR) is 95.8 cm³/mol. The number of benzene rings is 1. The van der Waals surface area contributed by atoms with Gasteiger partial charge in [-0.15, -0.1) is 0 Å². The summed E-state index contributed by atoms with van der Waals surface area (Å²) in [4.78, 5) is 14.6. The van der Waals surface area contributed by atoms with E-state index in [1.54, 1.807) is 7.11 Å². The lowest BCUT2D eigenvalue weighted by molar-refractivity contribution is 0.0841. The number of methoxy groups -OCH3 is 1. The van der Waals surface area contributed by atoms with Gasteiger partial charge >= 0.3 is 6.03 Å². The van der Waals surface area contributed by atoms with Crippen LogP contribution in [0.2, 0.25) is 0 Å². The minimum Gasteiger partial charge on any atom is -0.375 e. The molecule has 4 nitrogen and oxygen atoms in total. The summed E-state index contributed by atoms with van der Waals surface area (Å²) in [7, 11) is 1.69. The van der Waals surface area contributed by atoms with Gasteiger partial charge in [0, 0.05) is 26.7 Å². The van der Waals surface area contributed by atoms with E-state index in [1.165, 1.54) is 12.8 Å². The van der Waals surface area contributed by atoms with Gasteiger partial charge in [0.1, 0.15) is 0 Å². The molecule has 0 bridgehead atoms. The van der Waals surface area contributed by atoms with Gasteiger partial charge in [-0.25, -0.2) is 4.79 Å². The molecule has 0 saturated carbocycles. The number of urea groups is 1. The number of carbonyl (C=O) groups is 1. The Bertz CT molecular complexity index is 572. The third kappa shape index (κ3) is 3.99. The molecule has 1 aromatic carbocycles. The Hall–Kier alpha value is -1.81. The zero-order valence-electron chi connectivity index (χ0n) is 14.5. The highest BCUT2D eigenvalue weighted by atomic mass is 16.5. The molecule has 4 heteroatoms. The van der Waals surface area contributed by atoms with E-state index >= 15 is 0 Å². The number of carbonyl (C=O) groups excluding carboxylic acids is 1. The molecular formula is C20H28N2O2. The fourth-order valence-electron chi connectivity index (χ4n) is 3.99. The molecule has 1 aromatic rings. The van der Waals surface area contributed by atoms with Crippen LogP contribution in [0.5, 0.6) is 0 Å². The Morgan fingerprint density at radius 2 is 2.12 bits per heavy atom. The van der Waals surface area contributed by atoms with Crippen molar-refractivity contribution in [3.8, 4) is 0 Å². The van der Waals surface area contributed by atoms with Gasteiger partial charge in [0.15, 0.2) is 0 Å². The Labute approximate surface area is 144 Å². The van der Waals surface area contributed by atoms with E-state index in [1.807, 2.05) is 35.2 Å². The summed E-state index contributed by atoms with van der Waals surface area (Å²) in [5, 5.41) is 3.07. The zero-order chi connectivity index (χ0) is 16.8. The van der Waals surface area contributed by atoms with E-state index in [2.05, 4.69) is 17.5 Å². The van der Waals surface area contributed by atoms with Crippen LogP contribution >= 0.6 is 0 Å². The van der Waals surface area contributed by atoms with Crippen molar-refractivity contribution in [3.63, 3.8) is 0 Å². The van der Waals surface area contributed by atoms with Crippen LogP contribution in [0, 0.1) is 5.41 Å². The van der Waals surface area contributed by atoms with Gasteiger partial charge in [-0.1, -0.05) is 42.5 Å². The first-order valence-electron chi connectivity index (χ1n) is 8.98. The second kappa shape index (κ2) is 7.84. The van der Waals surface area contributed by atoms with Gasteiger partial charge in [-0.05, 0) is 43.1 Å². The van der Waals surface area contributed by atoms with E-state index < -0.39 is 0 Å². The van der Waals surface area contributed by atoms with Gasteiger partial charge in [0.05, 0.1) is 6.10 Å². The average molecular weight is 328 g/mol. The second-order valence-electron chi connectivity index (χ2n) is 7.06. The molecule has 0 unspecified atom stereocenters. The first kappa shape index (κ1) is 17.0. The number of piperidine rings is 1. The van der Waals surface area contributed by atoms with Crippen molar-refractivity contribution < 1.29 is 9.53 Å². The van der Waals surface area contributed by atoms with Crippen molar-refractivity contribution in [1.82, 2.24) is 10.2 Å². The first-order valence-corrected chi connectivity index (χ1v) is 8.98. The first-order chi connectivity index (χ1) is 11.7. The fraction of sp³-hybridized carbons (Fsp3) is 0.550. The van der Waals surface area contributed by atoms with Gasteiger partial charge in [0.2, 0.25) is 0 Å². The molecule has 1 aliphatic carbocycles. The number of likely N-dealkylation sites (tertiary alicyclic amines) is 1. The number of nitrogens with zero attached hydrogens (tertiary/aromatic N) is 1. The maximum atomic E-state index is 12.6. The Kier molecular flexibility index (Phi) is 5.56. The van der Waals surface area contributed by atoms with Crippen LogP contribution in [-0.4, -0.2) is 37.7 Å².